The summed E-state index contributed by atoms with van der Waals surface area (Å²) < 4.78 is 4.56. The number of thioether (sulfide) groups is 1. The van der Waals surface area contributed by atoms with E-state index in [1.54, 1.807) is 6.08 Å². The van der Waals surface area contributed by atoms with Gasteiger partial charge < -0.3 is 9.64 Å². The second-order valence-electron chi connectivity index (χ2n) is 7.82. The number of hydrogen-bond donors (Lipinski definition) is 0. The van der Waals surface area contributed by atoms with Crippen LogP contribution in [0.5, 0.6) is 0 Å². The molecule has 3 rings (SSSR count). The first-order chi connectivity index (χ1) is 13.2. The van der Waals surface area contributed by atoms with E-state index in [0.29, 0.717) is 10.8 Å². The molecule has 0 aromatic heterocycles. The highest BCUT2D eigenvalue weighted by molar-refractivity contribution is 8.18. The molecule has 1 aromatic rings. The predicted molar refractivity (Wildman–Crippen MR) is 111 cm³/mol. The van der Waals surface area contributed by atoms with Crippen molar-refractivity contribution in [3.05, 3.63) is 34.2 Å². The normalized spacial score (nSPS) is 22.6. The van der Waals surface area contributed by atoms with Crippen molar-refractivity contribution < 1.29 is 19.1 Å². The van der Waals surface area contributed by atoms with Crippen molar-refractivity contribution in [2.75, 3.05) is 25.1 Å². The molecule has 7 heteroatoms. The molecule has 1 atom stereocenters. The van der Waals surface area contributed by atoms with Gasteiger partial charge in [0.15, 0.2) is 0 Å². The molecule has 150 valence electrons. The fraction of sp³-hybridized carbons (Fsp3) is 0.476. The third kappa shape index (κ3) is 3.68. The minimum absolute atomic E-state index is 0.0965. The van der Waals surface area contributed by atoms with E-state index >= 15 is 0 Å². The Bertz CT molecular complexity index is 862. The highest BCUT2D eigenvalue weighted by atomic mass is 32.2. The van der Waals surface area contributed by atoms with Gasteiger partial charge in [0.05, 0.1) is 12.0 Å². The molecule has 0 saturated carbocycles. The van der Waals surface area contributed by atoms with Crippen LogP contribution >= 0.6 is 11.8 Å². The van der Waals surface area contributed by atoms with E-state index in [1.807, 2.05) is 6.07 Å². The van der Waals surface area contributed by atoms with Gasteiger partial charge in [0.1, 0.15) is 6.54 Å². The van der Waals surface area contributed by atoms with E-state index in [0.717, 1.165) is 35.2 Å². The molecule has 0 spiro atoms. The molecule has 2 aliphatic heterocycles. The van der Waals surface area contributed by atoms with Crippen molar-refractivity contribution in [2.45, 2.75) is 45.6 Å². The zero-order chi connectivity index (χ0) is 20.6. The molecule has 1 aromatic carbocycles. The van der Waals surface area contributed by atoms with Gasteiger partial charge in [-0.2, -0.15) is 0 Å². The summed E-state index contributed by atoms with van der Waals surface area (Å²) in [7, 11) is 1.23. The van der Waals surface area contributed by atoms with Crippen LogP contribution in [0.1, 0.15) is 51.2 Å². The van der Waals surface area contributed by atoms with Crippen molar-refractivity contribution in [2.24, 2.45) is 0 Å². The lowest BCUT2D eigenvalue weighted by Gasteiger charge is -2.47. The highest BCUT2D eigenvalue weighted by Gasteiger charge is 2.37. The molecule has 0 aliphatic carbocycles. The number of benzene rings is 1. The van der Waals surface area contributed by atoms with Crippen LogP contribution in [0.15, 0.2) is 23.1 Å². The summed E-state index contributed by atoms with van der Waals surface area (Å²) >= 11 is 0.852. The Balaban J connectivity index is 1.90. The molecule has 1 saturated heterocycles. The molecule has 0 N–H and O–H groups in total. The van der Waals surface area contributed by atoms with E-state index in [9.17, 15) is 14.4 Å². The quantitative estimate of drug-likeness (QED) is 0.560. The zero-order valence-corrected chi connectivity index (χ0v) is 17.8. The number of anilines is 1. The molecule has 0 bridgehead atoms. The Kier molecular flexibility index (Phi) is 5.57. The van der Waals surface area contributed by atoms with E-state index in [4.69, 9.17) is 0 Å². The molecule has 1 fully saturated rings. The fourth-order valence-electron chi connectivity index (χ4n) is 4.18. The number of hydrogen-bond acceptors (Lipinski definition) is 6. The maximum Gasteiger partial charge on any atom is 0.325 e. The molecule has 28 heavy (non-hydrogen) atoms. The van der Waals surface area contributed by atoms with Crippen LogP contribution in [0, 0.1) is 0 Å². The summed E-state index contributed by atoms with van der Waals surface area (Å²) in [5, 5.41) is -0.452. The summed E-state index contributed by atoms with van der Waals surface area (Å²) in [6, 6.07) is 6.18. The third-order valence-electron chi connectivity index (χ3n) is 5.41. The first-order valence-corrected chi connectivity index (χ1v) is 10.2. The molecule has 2 aliphatic rings. The second-order valence-corrected chi connectivity index (χ2v) is 8.82. The summed E-state index contributed by atoms with van der Waals surface area (Å²) in [6.07, 6.45) is 2.78. The molecule has 0 unspecified atom stereocenters. The average Bonchev–Trinajstić information content (AvgIpc) is 2.89. The summed E-state index contributed by atoms with van der Waals surface area (Å²) in [6.45, 7) is 9.48. The molecule has 0 radical (unpaired) electrons. The number of rotatable bonds is 4. The highest BCUT2D eigenvalue weighted by Crippen LogP contribution is 2.44. The van der Waals surface area contributed by atoms with Gasteiger partial charge in [-0.05, 0) is 74.2 Å². The van der Waals surface area contributed by atoms with Crippen LogP contribution in [-0.4, -0.2) is 47.8 Å². The smallest absolute Gasteiger partial charge is 0.325 e. The summed E-state index contributed by atoms with van der Waals surface area (Å²) in [4.78, 5) is 39.7. The van der Waals surface area contributed by atoms with Crippen LogP contribution in [0.25, 0.3) is 6.08 Å². The van der Waals surface area contributed by atoms with Gasteiger partial charge in [0.25, 0.3) is 11.1 Å². The van der Waals surface area contributed by atoms with Crippen molar-refractivity contribution in [1.82, 2.24) is 4.90 Å². The monoisotopic (exact) mass is 402 g/mol. The summed E-state index contributed by atoms with van der Waals surface area (Å²) in [5.41, 5.74) is 3.45. The SMILES string of the molecule is CCN1c2ccc(/C=C3/SC(=O)N(CC(=O)OC)C3=O)cc2[C@H](C)CC1(C)C. The van der Waals surface area contributed by atoms with Crippen molar-refractivity contribution >= 4 is 40.6 Å². The molecular formula is C21H26N2O4S. The third-order valence-corrected chi connectivity index (χ3v) is 6.32. The Morgan fingerprint density at radius 1 is 1.36 bits per heavy atom. The number of imide groups is 1. The standard InChI is InChI=1S/C21H26N2O4S/c1-6-23-16-8-7-14(9-15(16)13(2)11-21(23,3)4)10-17-19(25)22(20(26)28-17)12-18(24)27-5/h7-10,13H,6,11-12H2,1-5H3/b17-10+/t13-/m1/s1. The van der Waals surface area contributed by atoms with Gasteiger partial charge in [-0.15, -0.1) is 0 Å². The largest absolute Gasteiger partial charge is 0.468 e. The van der Waals surface area contributed by atoms with Crippen LogP contribution in [0.4, 0.5) is 10.5 Å². The Morgan fingerprint density at radius 2 is 2.07 bits per heavy atom. The van der Waals surface area contributed by atoms with Crippen molar-refractivity contribution in [3.8, 4) is 0 Å². The van der Waals surface area contributed by atoms with Crippen molar-refractivity contribution in [3.63, 3.8) is 0 Å². The van der Waals surface area contributed by atoms with Gasteiger partial charge in [0, 0.05) is 17.8 Å². The number of ether oxygens (including phenoxy) is 1. The first-order valence-electron chi connectivity index (χ1n) is 9.41. The van der Waals surface area contributed by atoms with Gasteiger partial charge in [-0.25, -0.2) is 0 Å². The number of nitrogens with zero attached hydrogens (tertiary/aromatic N) is 2. The Hall–Kier alpha value is -2.28. The van der Waals surface area contributed by atoms with Gasteiger partial charge in [-0.3, -0.25) is 19.3 Å². The number of fused-ring (bicyclic) bond motifs is 1. The maximum atomic E-state index is 12.5. The van der Waals surface area contributed by atoms with Crippen molar-refractivity contribution in [1.29, 1.82) is 0 Å². The average molecular weight is 403 g/mol. The fourth-order valence-corrected chi connectivity index (χ4v) is 5.02. The lowest BCUT2D eigenvalue weighted by Crippen LogP contribution is -2.48. The summed E-state index contributed by atoms with van der Waals surface area (Å²) in [5.74, 6) is -0.675. The number of carbonyl (C=O) groups is 3. The number of carbonyl (C=O) groups excluding carboxylic acids is 3. The first kappa shape index (κ1) is 20.5. The van der Waals surface area contributed by atoms with Gasteiger partial charge in [0.2, 0.25) is 0 Å². The van der Waals surface area contributed by atoms with E-state index in [-0.39, 0.29) is 12.1 Å². The minimum atomic E-state index is -0.617. The van der Waals surface area contributed by atoms with Crippen LogP contribution in [0.3, 0.4) is 0 Å². The molecule has 2 heterocycles. The predicted octanol–water partition coefficient (Wildman–Crippen LogP) is 4.01. The number of esters is 1. The lowest BCUT2D eigenvalue weighted by atomic mass is 9.79. The van der Waals surface area contributed by atoms with Crippen LogP contribution in [-0.2, 0) is 14.3 Å². The molecule has 2 amide bonds. The second kappa shape index (κ2) is 7.62. The van der Waals surface area contributed by atoms with E-state index in [2.05, 4.69) is 49.5 Å². The maximum absolute atomic E-state index is 12.5. The van der Waals surface area contributed by atoms with E-state index in [1.165, 1.54) is 18.4 Å². The Labute approximate surface area is 169 Å². The Morgan fingerprint density at radius 3 is 2.71 bits per heavy atom. The zero-order valence-electron chi connectivity index (χ0n) is 16.9. The minimum Gasteiger partial charge on any atom is -0.468 e. The van der Waals surface area contributed by atoms with Crippen LogP contribution in [0.2, 0.25) is 0 Å². The van der Waals surface area contributed by atoms with Crippen LogP contribution < -0.4 is 4.90 Å². The van der Waals surface area contributed by atoms with Gasteiger partial charge >= 0.3 is 5.97 Å². The number of methoxy groups -OCH3 is 1. The topological polar surface area (TPSA) is 66.9 Å². The van der Waals surface area contributed by atoms with Gasteiger partial charge in [-0.1, -0.05) is 13.0 Å². The van der Waals surface area contributed by atoms with E-state index < -0.39 is 17.1 Å². The number of amides is 2. The lowest BCUT2D eigenvalue weighted by molar-refractivity contribution is -0.143. The molecular weight excluding hydrogens is 376 g/mol. The molecule has 6 nitrogen and oxygen atoms in total.